The number of cyclic esters (lactones) is 1. The highest BCUT2D eigenvalue weighted by Crippen LogP contribution is 2.26. The van der Waals surface area contributed by atoms with Crippen molar-refractivity contribution in [1.29, 1.82) is 0 Å². The van der Waals surface area contributed by atoms with Crippen LogP contribution in [0.5, 0.6) is 0 Å². The lowest BCUT2D eigenvalue weighted by atomic mass is 9.93. The zero-order valence-corrected chi connectivity index (χ0v) is 9.35. The third-order valence-electron chi connectivity index (χ3n) is 2.81. The van der Waals surface area contributed by atoms with Crippen LogP contribution < -0.4 is 0 Å². The SMILES string of the molecule is CC(C)CC[C@@H](O)[C@H]1C[C@@H](CO)OC1=O. The second-order valence-electron chi connectivity index (χ2n) is 4.62. The molecule has 15 heavy (non-hydrogen) atoms. The van der Waals surface area contributed by atoms with Gasteiger partial charge in [-0.3, -0.25) is 4.79 Å². The van der Waals surface area contributed by atoms with Crippen molar-refractivity contribution >= 4 is 5.97 Å². The van der Waals surface area contributed by atoms with Gasteiger partial charge in [-0.1, -0.05) is 13.8 Å². The average molecular weight is 216 g/mol. The molecule has 0 aliphatic carbocycles. The van der Waals surface area contributed by atoms with Gasteiger partial charge < -0.3 is 14.9 Å². The molecule has 3 atom stereocenters. The van der Waals surface area contributed by atoms with E-state index >= 15 is 0 Å². The van der Waals surface area contributed by atoms with Crippen LogP contribution in [0, 0.1) is 11.8 Å². The number of esters is 1. The van der Waals surface area contributed by atoms with Crippen molar-refractivity contribution in [2.45, 2.75) is 45.3 Å². The average Bonchev–Trinajstić information content (AvgIpc) is 2.56. The Morgan fingerprint density at radius 1 is 1.47 bits per heavy atom. The predicted molar refractivity (Wildman–Crippen MR) is 55.2 cm³/mol. The molecular formula is C11H20O4. The molecule has 0 bridgehead atoms. The van der Waals surface area contributed by atoms with Crippen LogP contribution in [0.3, 0.4) is 0 Å². The van der Waals surface area contributed by atoms with Crippen LogP contribution in [-0.2, 0) is 9.53 Å². The van der Waals surface area contributed by atoms with E-state index < -0.39 is 18.1 Å². The zero-order valence-electron chi connectivity index (χ0n) is 9.35. The summed E-state index contributed by atoms with van der Waals surface area (Å²) in [7, 11) is 0. The second kappa shape index (κ2) is 5.47. The summed E-state index contributed by atoms with van der Waals surface area (Å²) >= 11 is 0. The molecule has 0 saturated carbocycles. The summed E-state index contributed by atoms with van der Waals surface area (Å²) in [5, 5.41) is 18.6. The van der Waals surface area contributed by atoms with Crippen molar-refractivity contribution in [2.75, 3.05) is 6.61 Å². The molecule has 0 radical (unpaired) electrons. The van der Waals surface area contributed by atoms with E-state index in [0.29, 0.717) is 18.8 Å². The van der Waals surface area contributed by atoms with Gasteiger partial charge in [0.05, 0.1) is 18.6 Å². The Morgan fingerprint density at radius 3 is 2.60 bits per heavy atom. The Morgan fingerprint density at radius 2 is 2.13 bits per heavy atom. The Balaban J connectivity index is 2.39. The van der Waals surface area contributed by atoms with Gasteiger partial charge in [0.25, 0.3) is 0 Å². The molecule has 0 unspecified atom stereocenters. The van der Waals surface area contributed by atoms with Gasteiger partial charge in [-0.05, 0) is 18.8 Å². The van der Waals surface area contributed by atoms with E-state index in [0.717, 1.165) is 6.42 Å². The maximum absolute atomic E-state index is 11.3. The molecule has 1 aliphatic heterocycles. The molecule has 4 heteroatoms. The van der Waals surface area contributed by atoms with Crippen LogP contribution in [0.2, 0.25) is 0 Å². The van der Waals surface area contributed by atoms with E-state index in [1.165, 1.54) is 0 Å². The molecule has 88 valence electrons. The Kier molecular flexibility index (Phi) is 4.54. The first-order chi connectivity index (χ1) is 7.04. The smallest absolute Gasteiger partial charge is 0.312 e. The number of carbonyl (C=O) groups excluding carboxylic acids is 1. The third kappa shape index (κ3) is 3.47. The Labute approximate surface area is 90.2 Å². The highest BCUT2D eigenvalue weighted by Gasteiger charge is 2.38. The standard InChI is InChI=1S/C11H20O4/c1-7(2)3-4-10(13)9-5-8(6-12)15-11(9)14/h7-10,12-13H,3-6H2,1-2H3/t8-,9+,10+/m0/s1. The summed E-state index contributed by atoms with van der Waals surface area (Å²) < 4.78 is 4.90. The van der Waals surface area contributed by atoms with Crippen molar-refractivity contribution in [3.63, 3.8) is 0 Å². The normalized spacial score (nSPS) is 28.2. The quantitative estimate of drug-likeness (QED) is 0.664. The van der Waals surface area contributed by atoms with Gasteiger partial charge >= 0.3 is 5.97 Å². The largest absolute Gasteiger partial charge is 0.460 e. The van der Waals surface area contributed by atoms with Crippen LogP contribution in [0.15, 0.2) is 0 Å². The maximum Gasteiger partial charge on any atom is 0.312 e. The number of hydrogen-bond donors (Lipinski definition) is 2. The summed E-state index contributed by atoms with van der Waals surface area (Å²) in [5.41, 5.74) is 0. The molecule has 1 rings (SSSR count). The van der Waals surface area contributed by atoms with Crippen molar-refractivity contribution in [3.05, 3.63) is 0 Å². The topological polar surface area (TPSA) is 66.8 Å². The van der Waals surface area contributed by atoms with E-state index in [1.54, 1.807) is 0 Å². The van der Waals surface area contributed by atoms with Crippen LogP contribution in [0.25, 0.3) is 0 Å². The number of aliphatic hydroxyl groups excluding tert-OH is 2. The van der Waals surface area contributed by atoms with Gasteiger partial charge in [0.15, 0.2) is 0 Å². The maximum atomic E-state index is 11.3. The molecule has 1 aliphatic rings. The van der Waals surface area contributed by atoms with Crippen molar-refractivity contribution in [3.8, 4) is 0 Å². The minimum atomic E-state index is -0.628. The molecule has 0 aromatic rings. The lowest BCUT2D eigenvalue weighted by Crippen LogP contribution is -2.24. The highest BCUT2D eigenvalue weighted by atomic mass is 16.6. The van der Waals surface area contributed by atoms with Gasteiger partial charge in [-0.15, -0.1) is 0 Å². The predicted octanol–water partition coefficient (Wildman–Crippen LogP) is 0.707. The minimum Gasteiger partial charge on any atom is -0.460 e. The zero-order chi connectivity index (χ0) is 11.4. The fraction of sp³-hybridized carbons (Fsp3) is 0.909. The fourth-order valence-electron chi connectivity index (χ4n) is 1.81. The number of hydrogen-bond acceptors (Lipinski definition) is 4. The van der Waals surface area contributed by atoms with Crippen molar-refractivity contribution in [2.24, 2.45) is 11.8 Å². The number of carbonyl (C=O) groups is 1. The second-order valence-corrected chi connectivity index (χ2v) is 4.62. The summed E-state index contributed by atoms with van der Waals surface area (Å²) in [6, 6.07) is 0. The van der Waals surface area contributed by atoms with Crippen LogP contribution >= 0.6 is 0 Å². The highest BCUT2D eigenvalue weighted by molar-refractivity contribution is 5.75. The first-order valence-corrected chi connectivity index (χ1v) is 5.54. The molecule has 2 N–H and O–H groups in total. The molecule has 0 aromatic heterocycles. The summed E-state index contributed by atoms with van der Waals surface area (Å²) in [5.74, 6) is -0.295. The van der Waals surface area contributed by atoms with E-state index in [2.05, 4.69) is 13.8 Å². The first-order valence-electron chi connectivity index (χ1n) is 5.54. The van der Waals surface area contributed by atoms with Gasteiger partial charge in [0, 0.05) is 6.42 Å². The summed E-state index contributed by atoms with van der Waals surface area (Å²) in [6.07, 6.45) is 0.909. The van der Waals surface area contributed by atoms with E-state index in [-0.39, 0.29) is 12.6 Å². The van der Waals surface area contributed by atoms with Crippen LogP contribution in [-0.4, -0.2) is 35.0 Å². The van der Waals surface area contributed by atoms with Gasteiger partial charge in [-0.2, -0.15) is 0 Å². The van der Waals surface area contributed by atoms with E-state index in [9.17, 15) is 9.90 Å². The molecule has 1 saturated heterocycles. The van der Waals surface area contributed by atoms with E-state index in [4.69, 9.17) is 9.84 Å². The van der Waals surface area contributed by atoms with Gasteiger partial charge in [0.1, 0.15) is 6.10 Å². The summed E-state index contributed by atoms with van der Waals surface area (Å²) in [4.78, 5) is 11.3. The van der Waals surface area contributed by atoms with E-state index in [1.807, 2.05) is 0 Å². The monoisotopic (exact) mass is 216 g/mol. The fourth-order valence-corrected chi connectivity index (χ4v) is 1.81. The Bertz CT molecular complexity index is 215. The third-order valence-corrected chi connectivity index (χ3v) is 2.81. The van der Waals surface area contributed by atoms with Gasteiger partial charge in [0.2, 0.25) is 0 Å². The Hall–Kier alpha value is -0.610. The lowest BCUT2D eigenvalue weighted by molar-refractivity contribution is -0.147. The number of ether oxygens (including phenoxy) is 1. The van der Waals surface area contributed by atoms with Gasteiger partial charge in [-0.25, -0.2) is 0 Å². The molecule has 1 heterocycles. The van der Waals surface area contributed by atoms with Crippen LogP contribution in [0.4, 0.5) is 0 Å². The molecular weight excluding hydrogens is 196 g/mol. The number of rotatable bonds is 5. The molecule has 1 fully saturated rings. The van der Waals surface area contributed by atoms with Crippen molar-refractivity contribution in [1.82, 2.24) is 0 Å². The minimum absolute atomic E-state index is 0.154. The lowest BCUT2D eigenvalue weighted by Gasteiger charge is -2.15. The number of aliphatic hydroxyl groups is 2. The molecule has 0 amide bonds. The molecule has 4 nitrogen and oxygen atoms in total. The van der Waals surface area contributed by atoms with Crippen molar-refractivity contribution < 1.29 is 19.7 Å². The summed E-state index contributed by atoms with van der Waals surface area (Å²) in [6.45, 7) is 4.01. The molecule has 0 spiro atoms. The van der Waals surface area contributed by atoms with Crippen LogP contribution in [0.1, 0.15) is 33.1 Å². The molecule has 0 aromatic carbocycles. The first kappa shape index (κ1) is 12.5.